The molecule has 0 aromatic carbocycles. The number of carbonyl (C=O) groups is 2. The Morgan fingerprint density at radius 2 is 1.74 bits per heavy atom. The highest BCUT2D eigenvalue weighted by atomic mass is 16.2. The minimum absolute atomic E-state index is 0.253. The summed E-state index contributed by atoms with van der Waals surface area (Å²) in [6.45, 7) is 5.05. The van der Waals surface area contributed by atoms with Crippen molar-refractivity contribution < 1.29 is 9.59 Å². The molecule has 2 aliphatic carbocycles. The first-order valence-corrected chi connectivity index (χ1v) is 7.44. The molecule has 0 bridgehead atoms. The molecule has 2 aliphatic rings. The fraction of sp³-hybridized carbons (Fsp3) is 0.857. The van der Waals surface area contributed by atoms with Crippen molar-refractivity contribution in [2.24, 2.45) is 17.8 Å². The Morgan fingerprint density at radius 3 is 2.21 bits per heavy atom. The highest BCUT2D eigenvalue weighted by molar-refractivity contribution is 5.96. The van der Waals surface area contributed by atoms with Gasteiger partial charge in [-0.3, -0.25) is 10.1 Å². The second-order valence-electron chi connectivity index (χ2n) is 5.82. The van der Waals surface area contributed by atoms with E-state index in [4.69, 9.17) is 0 Å². The van der Waals surface area contributed by atoms with Crippen molar-refractivity contribution in [1.82, 2.24) is 16.0 Å². The molecule has 0 spiro atoms. The SMILES string of the molecule is CCNC(=O)NC(=O)C(C)NCC(C1CC1)C1CC1. The summed E-state index contributed by atoms with van der Waals surface area (Å²) in [4.78, 5) is 23.0. The minimum atomic E-state index is -0.415. The first-order valence-electron chi connectivity index (χ1n) is 7.44. The third-order valence-electron chi connectivity index (χ3n) is 4.08. The van der Waals surface area contributed by atoms with Crippen molar-refractivity contribution in [3.05, 3.63) is 0 Å². The van der Waals surface area contributed by atoms with Gasteiger partial charge in [0.25, 0.3) is 0 Å². The molecule has 0 aliphatic heterocycles. The molecule has 1 atom stereocenters. The fourth-order valence-corrected chi connectivity index (χ4v) is 2.60. The number of hydrogen-bond donors (Lipinski definition) is 3. The monoisotopic (exact) mass is 267 g/mol. The first kappa shape index (κ1) is 14.3. The lowest BCUT2D eigenvalue weighted by Crippen LogP contribution is -2.49. The van der Waals surface area contributed by atoms with Gasteiger partial charge in [-0.05, 0) is 63.8 Å². The number of hydrogen-bond acceptors (Lipinski definition) is 3. The Labute approximate surface area is 114 Å². The first-order chi connectivity index (χ1) is 9.11. The Bertz CT molecular complexity index is 326. The minimum Gasteiger partial charge on any atom is -0.338 e. The lowest BCUT2D eigenvalue weighted by atomic mass is 9.97. The van der Waals surface area contributed by atoms with Gasteiger partial charge in [-0.1, -0.05) is 0 Å². The molecule has 3 N–H and O–H groups in total. The van der Waals surface area contributed by atoms with Crippen LogP contribution in [0.5, 0.6) is 0 Å². The van der Waals surface area contributed by atoms with Crippen LogP contribution in [0.3, 0.4) is 0 Å². The maximum absolute atomic E-state index is 11.8. The summed E-state index contributed by atoms with van der Waals surface area (Å²) in [6.07, 6.45) is 5.40. The summed E-state index contributed by atoms with van der Waals surface area (Å²) in [5.41, 5.74) is 0. The van der Waals surface area contributed by atoms with Gasteiger partial charge < -0.3 is 10.6 Å². The number of rotatable bonds is 7. The van der Waals surface area contributed by atoms with Gasteiger partial charge in [-0.25, -0.2) is 4.79 Å². The zero-order valence-electron chi connectivity index (χ0n) is 11.9. The van der Waals surface area contributed by atoms with E-state index in [-0.39, 0.29) is 11.9 Å². The molecule has 5 heteroatoms. The van der Waals surface area contributed by atoms with Crippen LogP contribution in [0.1, 0.15) is 39.5 Å². The van der Waals surface area contributed by atoms with Crippen molar-refractivity contribution in [1.29, 1.82) is 0 Å². The van der Waals surface area contributed by atoms with Crippen molar-refractivity contribution in [3.63, 3.8) is 0 Å². The van der Waals surface area contributed by atoms with E-state index in [1.54, 1.807) is 0 Å². The Kier molecular flexibility index (Phi) is 4.80. The third kappa shape index (κ3) is 4.49. The number of amides is 3. The van der Waals surface area contributed by atoms with Crippen molar-refractivity contribution in [2.45, 2.75) is 45.6 Å². The lowest BCUT2D eigenvalue weighted by molar-refractivity contribution is -0.121. The highest BCUT2D eigenvalue weighted by Crippen LogP contribution is 2.48. The van der Waals surface area contributed by atoms with Gasteiger partial charge in [0.05, 0.1) is 6.04 Å². The topological polar surface area (TPSA) is 70.2 Å². The summed E-state index contributed by atoms with van der Waals surface area (Å²) >= 11 is 0. The van der Waals surface area contributed by atoms with Crippen LogP contribution in [-0.2, 0) is 4.79 Å². The van der Waals surface area contributed by atoms with Gasteiger partial charge >= 0.3 is 6.03 Å². The fourth-order valence-electron chi connectivity index (χ4n) is 2.60. The average Bonchev–Trinajstić information content (AvgIpc) is 3.23. The van der Waals surface area contributed by atoms with E-state index in [9.17, 15) is 9.59 Å². The Morgan fingerprint density at radius 1 is 1.16 bits per heavy atom. The normalized spacial score (nSPS) is 20.2. The summed E-state index contributed by atoms with van der Waals surface area (Å²) in [6, 6.07) is -0.732. The Balaban J connectivity index is 1.69. The predicted octanol–water partition coefficient (Wildman–Crippen LogP) is 1.25. The number of carbonyl (C=O) groups excluding carboxylic acids is 2. The summed E-state index contributed by atoms with van der Waals surface area (Å²) in [5.74, 6) is 2.23. The van der Waals surface area contributed by atoms with Crippen molar-refractivity contribution in [2.75, 3.05) is 13.1 Å². The molecule has 2 saturated carbocycles. The molecule has 108 valence electrons. The van der Waals surface area contributed by atoms with E-state index in [0.29, 0.717) is 6.54 Å². The molecular formula is C14H25N3O2. The van der Waals surface area contributed by atoms with E-state index in [1.165, 1.54) is 25.7 Å². The van der Waals surface area contributed by atoms with Crippen molar-refractivity contribution >= 4 is 11.9 Å². The Hall–Kier alpha value is -1.10. The molecule has 0 aromatic heterocycles. The van der Waals surface area contributed by atoms with Gasteiger partial charge in [0, 0.05) is 6.54 Å². The molecule has 2 fully saturated rings. The van der Waals surface area contributed by atoms with Gasteiger partial charge in [-0.15, -0.1) is 0 Å². The molecule has 1 unspecified atom stereocenters. The number of nitrogens with one attached hydrogen (secondary N) is 3. The molecule has 0 aromatic rings. The molecular weight excluding hydrogens is 242 g/mol. The van der Waals surface area contributed by atoms with E-state index in [2.05, 4.69) is 16.0 Å². The standard InChI is InChI=1S/C14H25N3O2/c1-3-15-14(19)17-13(18)9(2)16-8-12(10-4-5-10)11-6-7-11/h9-12,16H,3-8H2,1-2H3,(H2,15,17,18,19). The number of imide groups is 1. The summed E-state index contributed by atoms with van der Waals surface area (Å²) in [5, 5.41) is 8.18. The van der Waals surface area contributed by atoms with Crippen LogP contribution in [0.25, 0.3) is 0 Å². The molecule has 0 heterocycles. The van der Waals surface area contributed by atoms with Crippen LogP contribution in [0, 0.1) is 17.8 Å². The van der Waals surface area contributed by atoms with Crippen molar-refractivity contribution in [3.8, 4) is 0 Å². The molecule has 5 nitrogen and oxygen atoms in total. The zero-order valence-corrected chi connectivity index (χ0v) is 11.9. The van der Waals surface area contributed by atoms with Crippen LogP contribution < -0.4 is 16.0 Å². The lowest BCUT2D eigenvalue weighted by Gasteiger charge is -2.19. The molecule has 0 radical (unpaired) electrons. The van der Waals surface area contributed by atoms with Gasteiger partial charge in [0.1, 0.15) is 0 Å². The highest BCUT2D eigenvalue weighted by Gasteiger charge is 2.41. The molecule has 3 amide bonds. The van der Waals surface area contributed by atoms with Crippen LogP contribution in [-0.4, -0.2) is 31.1 Å². The summed E-state index contributed by atoms with van der Waals surface area (Å²) < 4.78 is 0. The second kappa shape index (κ2) is 6.37. The van der Waals surface area contributed by atoms with Gasteiger partial charge in [-0.2, -0.15) is 0 Å². The van der Waals surface area contributed by atoms with E-state index in [1.807, 2.05) is 13.8 Å². The van der Waals surface area contributed by atoms with E-state index < -0.39 is 6.03 Å². The summed E-state index contributed by atoms with van der Waals surface area (Å²) in [7, 11) is 0. The van der Waals surface area contributed by atoms with Gasteiger partial charge in [0.15, 0.2) is 0 Å². The largest absolute Gasteiger partial charge is 0.338 e. The van der Waals surface area contributed by atoms with Gasteiger partial charge in [0.2, 0.25) is 5.91 Å². The zero-order chi connectivity index (χ0) is 13.8. The van der Waals surface area contributed by atoms with Crippen LogP contribution in [0.15, 0.2) is 0 Å². The van der Waals surface area contributed by atoms with Crippen LogP contribution in [0.4, 0.5) is 4.79 Å². The van der Waals surface area contributed by atoms with Crippen LogP contribution >= 0.6 is 0 Å². The molecule has 2 rings (SSSR count). The molecule has 0 saturated heterocycles. The number of urea groups is 1. The van der Waals surface area contributed by atoms with E-state index in [0.717, 1.165) is 24.3 Å². The second-order valence-corrected chi connectivity index (χ2v) is 5.82. The average molecular weight is 267 g/mol. The smallest absolute Gasteiger partial charge is 0.321 e. The maximum Gasteiger partial charge on any atom is 0.321 e. The molecule has 19 heavy (non-hydrogen) atoms. The quantitative estimate of drug-likeness (QED) is 0.650. The van der Waals surface area contributed by atoms with E-state index >= 15 is 0 Å². The maximum atomic E-state index is 11.8. The predicted molar refractivity (Wildman–Crippen MR) is 73.6 cm³/mol. The third-order valence-corrected chi connectivity index (χ3v) is 4.08. The van der Waals surface area contributed by atoms with Crippen LogP contribution in [0.2, 0.25) is 0 Å².